The van der Waals surface area contributed by atoms with Gasteiger partial charge in [0.25, 0.3) is 0 Å². The van der Waals surface area contributed by atoms with Crippen molar-refractivity contribution in [3.05, 3.63) is 28.7 Å². The number of carbonyl (C=O) groups is 1. The molecule has 0 radical (unpaired) electrons. The van der Waals surface area contributed by atoms with Gasteiger partial charge in [0, 0.05) is 16.7 Å². The van der Waals surface area contributed by atoms with Gasteiger partial charge in [-0.2, -0.15) is 0 Å². The number of hydrogen-bond donors (Lipinski definition) is 2. The molecule has 0 unspecified atom stereocenters. The third kappa shape index (κ3) is 3.97. The zero-order chi connectivity index (χ0) is 12.9. The molecule has 5 heteroatoms. The highest BCUT2D eigenvalue weighted by Crippen LogP contribution is 2.27. The molecule has 18 heavy (non-hydrogen) atoms. The normalized spacial score (nSPS) is 10.7. The lowest BCUT2D eigenvalue weighted by atomic mass is 9.81. The zero-order valence-electron chi connectivity index (χ0n) is 10.7. The van der Waals surface area contributed by atoms with E-state index < -0.39 is 5.41 Å². The molecule has 3 N–H and O–H groups in total. The van der Waals surface area contributed by atoms with Gasteiger partial charge in [0.15, 0.2) is 0 Å². The third-order valence-corrected chi connectivity index (χ3v) is 3.86. The Morgan fingerprint density at radius 1 is 1.28 bits per heavy atom. The van der Waals surface area contributed by atoms with Crippen molar-refractivity contribution in [3.63, 3.8) is 0 Å². The number of anilines is 1. The van der Waals surface area contributed by atoms with Crippen LogP contribution in [0, 0.1) is 5.41 Å². The fraction of sp³-hybridized carbons (Fsp3) is 0.462. The number of benzene rings is 1. The van der Waals surface area contributed by atoms with E-state index in [0.717, 1.165) is 23.0 Å². The van der Waals surface area contributed by atoms with Gasteiger partial charge in [-0.05, 0) is 37.1 Å². The van der Waals surface area contributed by atoms with Gasteiger partial charge in [0.1, 0.15) is 0 Å². The van der Waals surface area contributed by atoms with Crippen LogP contribution in [0.25, 0.3) is 0 Å². The van der Waals surface area contributed by atoms with Crippen molar-refractivity contribution in [1.29, 1.82) is 0 Å². The SMILES string of the molecule is CCC(CC)(CN)C(=O)Nc1ccc(Br)cc1.Cl. The van der Waals surface area contributed by atoms with Crippen LogP contribution in [-0.4, -0.2) is 12.5 Å². The van der Waals surface area contributed by atoms with E-state index in [1.54, 1.807) is 0 Å². The van der Waals surface area contributed by atoms with Crippen LogP contribution in [0.4, 0.5) is 5.69 Å². The molecule has 0 heterocycles. The molecular formula is C13H20BrClN2O. The highest BCUT2D eigenvalue weighted by Gasteiger charge is 2.33. The molecule has 102 valence electrons. The van der Waals surface area contributed by atoms with Crippen molar-refractivity contribution in [2.45, 2.75) is 26.7 Å². The van der Waals surface area contributed by atoms with Crippen molar-refractivity contribution in [2.75, 3.05) is 11.9 Å². The van der Waals surface area contributed by atoms with E-state index >= 15 is 0 Å². The van der Waals surface area contributed by atoms with E-state index in [0.29, 0.717) is 6.54 Å². The first-order valence-electron chi connectivity index (χ1n) is 5.85. The minimum absolute atomic E-state index is 0. The van der Waals surface area contributed by atoms with E-state index in [1.807, 2.05) is 38.1 Å². The van der Waals surface area contributed by atoms with Crippen LogP contribution in [0.3, 0.4) is 0 Å². The number of carbonyl (C=O) groups excluding carboxylic acids is 1. The van der Waals surface area contributed by atoms with E-state index in [9.17, 15) is 4.79 Å². The van der Waals surface area contributed by atoms with Gasteiger partial charge in [-0.15, -0.1) is 12.4 Å². The van der Waals surface area contributed by atoms with E-state index in [2.05, 4.69) is 21.2 Å². The first-order chi connectivity index (χ1) is 8.07. The van der Waals surface area contributed by atoms with Crippen molar-refractivity contribution < 1.29 is 4.79 Å². The molecule has 0 saturated heterocycles. The Labute approximate surface area is 123 Å². The second kappa shape index (κ2) is 7.77. The summed E-state index contributed by atoms with van der Waals surface area (Å²) in [5.41, 5.74) is 6.09. The van der Waals surface area contributed by atoms with Gasteiger partial charge in [-0.3, -0.25) is 4.79 Å². The Bertz CT molecular complexity index is 369. The standard InChI is InChI=1S/C13H19BrN2O.ClH/c1-3-13(4-2,9-15)12(17)16-11-7-5-10(14)6-8-11;/h5-8H,3-4,9,15H2,1-2H3,(H,16,17);1H. The Hall–Kier alpha value is -0.580. The van der Waals surface area contributed by atoms with Gasteiger partial charge in [0.05, 0.1) is 5.41 Å². The largest absolute Gasteiger partial charge is 0.329 e. The lowest BCUT2D eigenvalue weighted by Crippen LogP contribution is -2.41. The molecule has 1 amide bonds. The van der Waals surface area contributed by atoms with Crippen LogP contribution >= 0.6 is 28.3 Å². The number of hydrogen-bond acceptors (Lipinski definition) is 2. The molecule has 0 saturated carbocycles. The molecule has 0 spiro atoms. The van der Waals surface area contributed by atoms with Crippen molar-refractivity contribution in [2.24, 2.45) is 11.1 Å². The van der Waals surface area contributed by atoms with Crippen LogP contribution in [-0.2, 0) is 4.79 Å². The molecule has 0 fully saturated rings. The molecule has 1 rings (SSSR count). The molecule has 0 aliphatic carbocycles. The average molecular weight is 336 g/mol. The molecule has 0 atom stereocenters. The number of rotatable bonds is 5. The molecule has 1 aromatic rings. The van der Waals surface area contributed by atoms with Crippen molar-refractivity contribution in [1.82, 2.24) is 0 Å². The van der Waals surface area contributed by atoms with Crippen LogP contribution in [0.5, 0.6) is 0 Å². The van der Waals surface area contributed by atoms with Gasteiger partial charge in [-0.1, -0.05) is 29.8 Å². The van der Waals surface area contributed by atoms with E-state index in [-0.39, 0.29) is 18.3 Å². The maximum Gasteiger partial charge on any atom is 0.231 e. The number of halogens is 2. The second-order valence-electron chi connectivity index (χ2n) is 4.15. The summed E-state index contributed by atoms with van der Waals surface area (Å²) >= 11 is 3.36. The predicted octanol–water partition coefficient (Wildman–Crippen LogP) is 3.57. The molecule has 1 aromatic carbocycles. The van der Waals surface area contributed by atoms with Crippen LogP contribution < -0.4 is 11.1 Å². The Kier molecular flexibility index (Phi) is 7.52. The Morgan fingerprint density at radius 2 is 1.78 bits per heavy atom. The Morgan fingerprint density at radius 3 is 2.17 bits per heavy atom. The van der Waals surface area contributed by atoms with E-state index in [4.69, 9.17) is 5.73 Å². The van der Waals surface area contributed by atoms with Gasteiger partial charge in [-0.25, -0.2) is 0 Å². The quantitative estimate of drug-likeness (QED) is 0.864. The predicted molar refractivity (Wildman–Crippen MR) is 82.1 cm³/mol. The lowest BCUT2D eigenvalue weighted by molar-refractivity contribution is -0.125. The third-order valence-electron chi connectivity index (χ3n) is 3.33. The zero-order valence-corrected chi connectivity index (χ0v) is 13.1. The summed E-state index contributed by atoms with van der Waals surface area (Å²) < 4.78 is 0.992. The fourth-order valence-electron chi connectivity index (χ4n) is 1.75. The number of nitrogens with two attached hydrogens (primary N) is 1. The molecule has 0 aliphatic heterocycles. The summed E-state index contributed by atoms with van der Waals surface area (Å²) in [6.07, 6.45) is 1.50. The number of amides is 1. The summed E-state index contributed by atoms with van der Waals surface area (Å²) in [6.45, 7) is 4.37. The lowest BCUT2D eigenvalue weighted by Gasteiger charge is -2.28. The maximum absolute atomic E-state index is 12.2. The molecule has 0 aromatic heterocycles. The monoisotopic (exact) mass is 334 g/mol. The summed E-state index contributed by atoms with van der Waals surface area (Å²) in [5, 5.41) is 2.92. The summed E-state index contributed by atoms with van der Waals surface area (Å²) in [7, 11) is 0. The molecule has 0 aliphatic rings. The highest BCUT2D eigenvalue weighted by atomic mass is 79.9. The van der Waals surface area contributed by atoms with Gasteiger partial charge in [0.2, 0.25) is 5.91 Å². The molecule has 0 bridgehead atoms. The maximum atomic E-state index is 12.2. The summed E-state index contributed by atoms with van der Waals surface area (Å²) in [5.74, 6) is 0.00678. The number of nitrogens with one attached hydrogen (secondary N) is 1. The fourth-order valence-corrected chi connectivity index (χ4v) is 2.01. The van der Waals surface area contributed by atoms with Crippen LogP contribution in [0.1, 0.15) is 26.7 Å². The summed E-state index contributed by atoms with van der Waals surface area (Å²) in [6, 6.07) is 7.54. The molecular weight excluding hydrogens is 316 g/mol. The first-order valence-corrected chi connectivity index (χ1v) is 6.64. The smallest absolute Gasteiger partial charge is 0.231 e. The summed E-state index contributed by atoms with van der Waals surface area (Å²) in [4.78, 5) is 12.2. The average Bonchev–Trinajstić information content (AvgIpc) is 2.35. The minimum Gasteiger partial charge on any atom is -0.329 e. The van der Waals surface area contributed by atoms with Crippen LogP contribution in [0.15, 0.2) is 28.7 Å². The second-order valence-corrected chi connectivity index (χ2v) is 5.07. The topological polar surface area (TPSA) is 55.1 Å². The Balaban J connectivity index is 0.00000289. The van der Waals surface area contributed by atoms with Gasteiger partial charge < -0.3 is 11.1 Å². The van der Waals surface area contributed by atoms with Crippen molar-refractivity contribution in [3.8, 4) is 0 Å². The minimum atomic E-state index is -0.451. The van der Waals surface area contributed by atoms with Crippen molar-refractivity contribution >= 4 is 39.9 Å². The highest BCUT2D eigenvalue weighted by molar-refractivity contribution is 9.10. The first kappa shape index (κ1) is 17.4. The van der Waals surface area contributed by atoms with Crippen LogP contribution in [0.2, 0.25) is 0 Å². The van der Waals surface area contributed by atoms with E-state index in [1.165, 1.54) is 0 Å². The molecule has 3 nitrogen and oxygen atoms in total. The van der Waals surface area contributed by atoms with Gasteiger partial charge >= 0.3 is 0 Å².